The first-order valence-electron chi connectivity index (χ1n) is 10.2. The molecule has 1 aromatic heterocycles. The van der Waals surface area contributed by atoms with Gasteiger partial charge >= 0.3 is 0 Å². The molecule has 0 aliphatic rings. The van der Waals surface area contributed by atoms with E-state index in [0.29, 0.717) is 21.9 Å². The number of nitrogens with one attached hydrogen (secondary N) is 1. The number of amides is 1. The Bertz CT molecular complexity index is 1350. The number of methoxy groups -OCH3 is 1. The van der Waals surface area contributed by atoms with Gasteiger partial charge in [-0.25, -0.2) is 0 Å². The Morgan fingerprint density at radius 3 is 2.50 bits per heavy atom. The molecular formula is C26H23ClN2O3. The Balaban J connectivity index is 1.75. The third kappa shape index (κ3) is 4.53. The van der Waals surface area contributed by atoms with Crippen LogP contribution in [-0.2, 0) is 13.1 Å². The zero-order valence-corrected chi connectivity index (χ0v) is 18.6. The Hall–Kier alpha value is -3.57. The maximum atomic E-state index is 13.4. The van der Waals surface area contributed by atoms with Gasteiger partial charge in [-0.1, -0.05) is 54.1 Å². The van der Waals surface area contributed by atoms with Crippen molar-refractivity contribution in [1.82, 2.24) is 9.88 Å². The van der Waals surface area contributed by atoms with Crippen LogP contribution >= 0.6 is 11.6 Å². The van der Waals surface area contributed by atoms with Crippen molar-refractivity contribution in [3.63, 3.8) is 0 Å². The molecule has 0 atom stereocenters. The van der Waals surface area contributed by atoms with Gasteiger partial charge in [-0.15, -0.1) is 0 Å². The maximum absolute atomic E-state index is 13.4. The maximum Gasteiger partial charge on any atom is 0.254 e. The van der Waals surface area contributed by atoms with Gasteiger partial charge in [0.2, 0.25) is 0 Å². The number of nitrogens with zero attached hydrogens (tertiary/aromatic N) is 1. The number of H-pyrrole nitrogens is 1. The number of halogens is 1. The number of fused-ring (bicyclic) bond motifs is 1. The number of aromatic amines is 1. The highest BCUT2D eigenvalue weighted by Gasteiger charge is 2.20. The summed E-state index contributed by atoms with van der Waals surface area (Å²) in [5.74, 6) is 0.460. The molecule has 3 aromatic carbocycles. The Morgan fingerprint density at radius 1 is 0.969 bits per heavy atom. The molecule has 0 aliphatic carbocycles. The summed E-state index contributed by atoms with van der Waals surface area (Å²) < 4.78 is 5.47. The molecule has 0 bridgehead atoms. The number of rotatable bonds is 6. The average molecular weight is 447 g/mol. The monoisotopic (exact) mass is 446 g/mol. The number of benzene rings is 3. The lowest BCUT2D eigenvalue weighted by atomic mass is 10.1. The van der Waals surface area contributed by atoms with Crippen LogP contribution in [0.15, 0.2) is 77.6 Å². The van der Waals surface area contributed by atoms with Gasteiger partial charge in [-0.2, -0.15) is 0 Å². The number of aryl methyl sites for hydroxylation is 1. The van der Waals surface area contributed by atoms with Gasteiger partial charge in [-0.3, -0.25) is 9.59 Å². The fraction of sp³-hybridized carbons (Fsp3) is 0.154. The van der Waals surface area contributed by atoms with Gasteiger partial charge in [0, 0.05) is 28.3 Å². The Kier molecular flexibility index (Phi) is 6.28. The van der Waals surface area contributed by atoms with E-state index in [1.807, 2.05) is 55.5 Å². The molecule has 0 saturated carbocycles. The van der Waals surface area contributed by atoms with Crippen LogP contribution in [-0.4, -0.2) is 22.9 Å². The summed E-state index contributed by atoms with van der Waals surface area (Å²) >= 11 is 6.12. The minimum Gasteiger partial charge on any atom is -0.496 e. The highest BCUT2D eigenvalue weighted by atomic mass is 35.5. The van der Waals surface area contributed by atoms with Crippen molar-refractivity contribution in [2.75, 3.05) is 7.11 Å². The summed E-state index contributed by atoms with van der Waals surface area (Å²) in [7, 11) is 1.60. The molecule has 162 valence electrons. The first-order chi connectivity index (χ1) is 15.5. The summed E-state index contributed by atoms with van der Waals surface area (Å²) in [6.07, 6.45) is 0. The number of aromatic nitrogens is 1. The van der Waals surface area contributed by atoms with Crippen LogP contribution in [0.4, 0.5) is 0 Å². The van der Waals surface area contributed by atoms with E-state index < -0.39 is 0 Å². The molecule has 1 amide bonds. The minimum absolute atomic E-state index is 0.141. The molecule has 0 unspecified atom stereocenters. The van der Waals surface area contributed by atoms with Gasteiger partial charge in [0.05, 0.1) is 19.2 Å². The lowest BCUT2D eigenvalue weighted by molar-refractivity contribution is 0.0728. The van der Waals surface area contributed by atoms with Crippen LogP contribution in [0.1, 0.15) is 27.0 Å². The van der Waals surface area contributed by atoms with Crippen molar-refractivity contribution >= 4 is 28.4 Å². The number of carbonyl (C=O) groups is 1. The minimum atomic E-state index is -0.220. The van der Waals surface area contributed by atoms with E-state index in [0.717, 1.165) is 22.0 Å². The number of hydrogen-bond donors (Lipinski definition) is 1. The number of pyridine rings is 1. The van der Waals surface area contributed by atoms with Crippen molar-refractivity contribution in [3.05, 3.63) is 110 Å². The third-order valence-corrected chi connectivity index (χ3v) is 5.67. The van der Waals surface area contributed by atoms with Crippen molar-refractivity contribution in [2.24, 2.45) is 0 Å². The van der Waals surface area contributed by atoms with Crippen LogP contribution in [0.2, 0.25) is 5.02 Å². The van der Waals surface area contributed by atoms with Gasteiger partial charge < -0.3 is 14.6 Å². The molecule has 0 aliphatic heterocycles. The normalized spacial score (nSPS) is 10.8. The van der Waals surface area contributed by atoms with E-state index in [4.69, 9.17) is 16.3 Å². The van der Waals surface area contributed by atoms with Crippen LogP contribution < -0.4 is 10.3 Å². The number of para-hydroxylation sites is 2. The second kappa shape index (κ2) is 9.28. The Morgan fingerprint density at radius 2 is 1.72 bits per heavy atom. The van der Waals surface area contributed by atoms with Crippen LogP contribution in [0.25, 0.3) is 10.9 Å². The standard InChI is InChI=1S/C26H23ClN2O3/c1-17-7-5-9-18-13-21(25(30)28-24(17)18)16-29(15-20-8-3-4-12-23(20)32-2)26(31)19-10-6-11-22(27)14-19/h3-14H,15-16H2,1-2H3,(H,28,30). The molecule has 0 saturated heterocycles. The van der Waals surface area contributed by atoms with E-state index >= 15 is 0 Å². The number of hydrogen-bond acceptors (Lipinski definition) is 3. The highest BCUT2D eigenvalue weighted by Crippen LogP contribution is 2.23. The zero-order chi connectivity index (χ0) is 22.7. The molecule has 4 rings (SSSR count). The summed E-state index contributed by atoms with van der Waals surface area (Å²) in [5, 5.41) is 1.40. The Labute approximate surface area is 191 Å². The fourth-order valence-electron chi connectivity index (χ4n) is 3.79. The topological polar surface area (TPSA) is 62.4 Å². The SMILES string of the molecule is COc1ccccc1CN(Cc1cc2cccc(C)c2[nH]c1=O)C(=O)c1cccc(Cl)c1. The molecule has 0 fully saturated rings. The predicted octanol–water partition coefficient (Wildman–Crippen LogP) is 5.34. The van der Waals surface area contributed by atoms with Crippen LogP contribution in [0.5, 0.6) is 5.75 Å². The first kappa shape index (κ1) is 21.7. The molecule has 32 heavy (non-hydrogen) atoms. The second-order valence-corrected chi connectivity index (χ2v) is 8.08. The summed E-state index contributed by atoms with van der Waals surface area (Å²) in [4.78, 5) is 30.9. The van der Waals surface area contributed by atoms with Crippen molar-refractivity contribution in [1.29, 1.82) is 0 Å². The first-order valence-corrected chi connectivity index (χ1v) is 10.6. The molecule has 1 N–H and O–H groups in total. The molecule has 5 nitrogen and oxygen atoms in total. The summed E-state index contributed by atoms with van der Waals surface area (Å²) in [6.45, 7) is 2.37. The fourth-order valence-corrected chi connectivity index (χ4v) is 3.98. The van der Waals surface area contributed by atoms with E-state index in [9.17, 15) is 9.59 Å². The van der Waals surface area contributed by atoms with Crippen molar-refractivity contribution in [2.45, 2.75) is 20.0 Å². The molecule has 0 spiro atoms. The molecule has 4 aromatic rings. The molecule has 1 heterocycles. The van der Waals surface area contributed by atoms with Gasteiger partial charge in [-0.05, 0) is 48.2 Å². The van der Waals surface area contributed by atoms with Crippen LogP contribution in [0.3, 0.4) is 0 Å². The van der Waals surface area contributed by atoms with Gasteiger partial charge in [0.25, 0.3) is 11.5 Å². The van der Waals surface area contributed by atoms with E-state index in [2.05, 4.69) is 4.98 Å². The largest absolute Gasteiger partial charge is 0.496 e. The van der Waals surface area contributed by atoms with E-state index in [-0.39, 0.29) is 24.6 Å². The lowest BCUT2D eigenvalue weighted by Crippen LogP contribution is -2.32. The third-order valence-electron chi connectivity index (χ3n) is 5.44. The number of ether oxygens (including phenoxy) is 1. The van der Waals surface area contributed by atoms with Crippen molar-refractivity contribution in [3.8, 4) is 5.75 Å². The second-order valence-electron chi connectivity index (χ2n) is 7.65. The van der Waals surface area contributed by atoms with E-state index in [1.54, 1.807) is 36.3 Å². The highest BCUT2D eigenvalue weighted by molar-refractivity contribution is 6.30. The molecular weight excluding hydrogens is 424 g/mol. The molecule has 0 radical (unpaired) electrons. The average Bonchev–Trinajstić information content (AvgIpc) is 2.79. The quantitative estimate of drug-likeness (QED) is 0.434. The van der Waals surface area contributed by atoms with Gasteiger partial charge in [0.1, 0.15) is 5.75 Å². The van der Waals surface area contributed by atoms with E-state index in [1.165, 1.54) is 0 Å². The lowest BCUT2D eigenvalue weighted by Gasteiger charge is -2.24. The number of carbonyl (C=O) groups excluding carboxylic acids is 1. The summed E-state index contributed by atoms with van der Waals surface area (Å²) in [6, 6.07) is 22.0. The zero-order valence-electron chi connectivity index (χ0n) is 17.9. The molecule has 6 heteroatoms. The predicted molar refractivity (Wildman–Crippen MR) is 127 cm³/mol. The summed E-state index contributed by atoms with van der Waals surface area (Å²) in [5.41, 5.74) is 3.40. The van der Waals surface area contributed by atoms with Crippen molar-refractivity contribution < 1.29 is 9.53 Å². The smallest absolute Gasteiger partial charge is 0.254 e. The van der Waals surface area contributed by atoms with Gasteiger partial charge in [0.15, 0.2) is 0 Å². The van der Waals surface area contributed by atoms with Crippen LogP contribution in [0, 0.1) is 6.92 Å².